The highest BCUT2D eigenvalue weighted by Crippen LogP contribution is 2.42. The van der Waals surface area contributed by atoms with Crippen molar-refractivity contribution in [2.75, 3.05) is 0 Å². The van der Waals surface area contributed by atoms with Gasteiger partial charge in [-0.15, -0.1) is 0 Å². The lowest BCUT2D eigenvalue weighted by Gasteiger charge is -2.38. The molecule has 0 radical (unpaired) electrons. The first kappa shape index (κ1) is 29.3. The number of carbonyl (C=O) groups is 2. The van der Waals surface area contributed by atoms with Gasteiger partial charge in [0.1, 0.15) is 0 Å². The maximum absolute atomic E-state index is 10.5. The topological polar surface area (TPSA) is 115 Å². The van der Waals surface area contributed by atoms with E-state index in [4.69, 9.17) is 10.2 Å². The van der Waals surface area contributed by atoms with Gasteiger partial charge in [-0.3, -0.25) is 9.59 Å². The fraction of sp³-hybridized carbons (Fsp3) is 0.760. The van der Waals surface area contributed by atoms with Gasteiger partial charge in [0.25, 0.3) is 0 Å². The lowest BCUT2D eigenvalue weighted by atomic mass is 9.67. The second-order valence-electron chi connectivity index (χ2n) is 8.48. The normalized spacial score (nSPS) is 26.1. The van der Waals surface area contributed by atoms with Gasteiger partial charge in [-0.2, -0.15) is 0 Å². The Bertz CT molecular complexity index is 583. The van der Waals surface area contributed by atoms with E-state index in [1.54, 1.807) is 6.92 Å². The zero-order valence-corrected chi connectivity index (χ0v) is 20.0. The van der Waals surface area contributed by atoms with Gasteiger partial charge in [-0.1, -0.05) is 65.7 Å². The molecule has 6 atom stereocenters. The van der Waals surface area contributed by atoms with Crippen molar-refractivity contribution >= 4 is 11.9 Å². The molecule has 0 saturated carbocycles. The summed E-state index contributed by atoms with van der Waals surface area (Å²) in [6.45, 7) is 9.81. The molecule has 180 valence electrons. The van der Waals surface area contributed by atoms with Crippen LogP contribution in [0, 0.1) is 23.7 Å². The van der Waals surface area contributed by atoms with Crippen molar-refractivity contribution in [2.45, 2.75) is 98.2 Å². The monoisotopic (exact) mass is 440 g/mol. The number of rotatable bonds is 9. The Balaban J connectivity index is 0.000000852. The predicted octanol–water partition coefficient (Wildman–Crippen LogP) is 5.05. The molecule has 0 bridgehead atoms. The maximum Gasteiger partial charge on any atom is 0.306 e. The second kappa shape index (κ2) is 16.0. The van der Waals surface area contributed by atoms with Gasteiger partial charge in [0, 0.05) is 0 Å². The van der Waals surface area contributed by atoms with E-state index in [-0.39, 0.29) is 18.4 Å². The average Bonchev–Trinajstić information content (AvgIpc) is 2.73. The van der Waals surface area contributed by atoms with Crippen molar-refractivity contribution in [1.29, 1.82) is 0 Å². The number of hydrogen-bond acceptors (Lipinski definition) is 4. The summed E-state index contributed by atoms with van der Waals surface area (Å²) >= 11 is 0. The molecule has 6 heteroatoms. The molecule has 0 heterocycles. The highest BCUT2D eigenvalue weighted by molar-refractivity contribution is 5.69. The largest absolute Gasteiger partial charge is 0.481 e. The van der Waals surface area contributed by atoms with E-state index in [9.17, 15) is 19.8 Å². The van der Waals surface area contributed by atoms with Gasteiger partial charge in [0.15, 0.2) is 0 Å². The van der Waals surface area contributed by atoms with E-state index in [1.807, 2.05) is 26.8 Å². The summed E-state index contributed by atoms with van der Waals surface area (Å²) in [5.41, 5.74) is 1.28. The Morgan fingerprint density at radius 2 is 1.81 bits per heavy atom. The SMILES string of the molecule is CC.CC1C=CC2=CC(O)CC[C@@H]2C1CCCCC(O)CC(=O)O.CC[C@H](C)C(=O)O. The van der Waals surface area contributed by atoms with Crippen molar-refractivity contribution in [3.8, 4) is 0 Å². The number of allylic oxidation sites excluding steroid dienone is 3. The molecule has 0 aromatic carbocycles. The molecule has 0 fully saturated rings. The molecule has 6 nitrogen and oxygen atoms in total. The van der Waals surface area contributed by atoms with Gasteiger partial charge in [-0.05, 0) is 55.4 Å². The summed E-state index contributed by atoms with van der Waals surface area (Å²) in [6.07, 6.45) is 11.4. The number of unbranched alkanes of at least 4 members (excludes halogenated alkanes) is 1. The van der Waals surface area contributed by atoms with E-state index in [1.165, 1.54) is 5.57 Å². The number of carboxylic acid groups (broad SMARTS) is 2. The van der Waals surface area contributed by atoms with E-state index >= 15 is 0 Å². The van der Waals surface area contributed by atoms with E-state index in [2.05, 4.69) is 19.1 Å². The minimum absolute atomic E-state index is 0.157. The number of aliphatic carboxylic acids is 2. The fourth-order valence-corrected chi connectivity index (χ4v) is 4.06. The third-order valence-corrected chi connectivity index (χ3v) is 6.14. The quantitative estimate of drug-likeness (QED) is 0.373. The Morgan fingerprint density at radius 3 is 2.32 bits per heavy atom. The Hall–Kier alpha value is -1.66. The zero-order valence-electron chi connectivity index (χ0n) is 20.0. The summed E-state index contributed by atoms with van der Waals surface area (Å²) in [5.74, 6) is -0.134. The van der Waals surface area contributed by atoms with Crippen molar-refractivity contribution in [3.63, 3.8) is 0 Å². The van der Waals surface area contributed by atoms with Crippen LogP contribution in [0.4, 0.5) is 0 Å². The van der Waals surface area contributed by atoms with Crippen LogP contribution in [0.2, 0.25) is 0 Å². The number of hydrogen-bond donors (Lipinski definition) is 4. The lowest BCUT2D eigenvalue weighted by molar-refractivity contribution is -0.141. The van der Waals surface area contributed by atoms with E-state index < -0.39 is 18.0 Å². The number of carboxylic acids is 2. The van der Waals surface area contributed by atoms with Crippen LogP contribution in [-0.4, -0.2) is 44.6 Å². The molecule has 0 aromatic heterocycles. The van der Waals surface area contributed by atoms with Crippen LogP contribution < -0.4 is 0 Å². The molecule has 0 aromatic rings. The van der Waals surface area contributed by atoms with Crippen LogP contribution >= 0.6 is 0 Å². The standard InChI is InChI=1S/C18H28O4.C5H10O2.C2H6/c1-12-6-7-13-10-15(20)8-9-17(13)16(12)5-3-2-4-14(19)11-18(21)22;1-3-4(2)5(6)7;1-2/h6-7,10,12,14-17,19-20H,2-5,8-9,11H2,1H3,(H,21,22);4H,3H2,1-2H3,(H,6,7);1-2H3/t12?,14?,15?,16?,17-;4-;/m00./s1. The molecular formula is C25H44O6. The Morgan fingerprint density at radius 1 is 1.16 bits per heavy atom. The van der Waals surface area contributed by atoms with E-state index in [0.29, 0.717) is 24.2 Å². The van der Waals surface area contributed by atoms with Crippen molar-refractivity contribution in [2.24, 2.45) is 23.7 Å². The third-order valence-electron chi connectivity index (χ3n) is 6.14. The first-order valence-electron chi connectivity index (χ1n) is 11.9. The minimum Gasteiger partial charge on any atom is -0.481 e. The van der Waals surface area contributed by atoms with Crippen LogP contribution in [0.3, 0.4) is 0 Å². The van der Waals surface area contributed by atoms with Crippen LogP contribution in [-0.2, 0) is 9.59 Å². The molecular weight excluding hydrogens is 396 g/mol. The highest BCUT2D eigenvalue weighted by Gasteiger charge is 2.33. The van der Waals surface area contributed by atoms with Crippen LogP contribution in [0.1, 0.15) is 86.0 Å². The maximum atomic E-state index is 10.5. The third kappa shape index (κ3) is 11.5. The minimum atomic E-state index is -0.936. The lowest BCUT2D eigenvalue weighted by Crippen LogP contribution is -2.30. The molecule has 2 aliphatic carbocycles. The second-order valence-corrected chi connectivity index (χ2v) is 8.48. The molecule has 0 saturated heterocycles. The summed E-state index contributed by atoms with van der Waals surface area (Å²) in [5, 5.41) is 36.2. The molecule has 2 aliphatic rings. The average molecular weight is 441 g/mol. The van der Waals surface area contributed by atoms with Crippen LogP contribution in [0.25, 0.3) is 0 Å². The molecule has 31 heavy (non-hydrogen) atoms. The predicted molar refractivity (Wildman–Crippen MR) is 124 cm³/mol. The van der Waals surface area contributed by atoms with Crippen molar-refractivity contribution < 1.29 is 30.0 Å². The fourth-order valence-electron chi connectivity index (χ4n) is 4.06. The van der Waals surface area contributed by atoms with Gasteiger partial charge >= 0.3 is 11.9 Å². The van der Waals surface area contributed by atoms with E-state index in [0.717, 1.165) is 38.5 Å². The Kier molecular flexibility index (Phi) is 15.2. The molecule has 0 spiro atoms. The molecule has 0 amide bonds. The smallest absolute Gasteiger partial charge is 0.306 e. The molecule has 4 N–H and O–H groups in total. The van der Waals surface area contributed by atoms with Crippen LogP contribution in [0.5, 0.6) is 0 Å². The number of aliphatic hydroxyl groups excluding tert-OH is 2. The summed E-state index contributed by atoms with van der Waals surface area (Å²) in [6, 6.07) is 0. The van der Waals surface area contributed by atoms with Gasteiger partial charge < -0.3 is 20.4 Å². The molecule has 0 aliphatic heterocycles. The highest BCUT2D eigenvalue weighted by atomic mass is 16.4. The van der Waals surface area contributed by atoms with Gasteiger partial charge in [0.2, 0.25) is 0 Å². The number of fused-ring (bicyclic) bond motifs is 1. The summed E-state index contributed by atoms with van der Waals surface area (Å²) < 4.78 is 0. The summed E-state index contributed by atoms with van der Waals surface area (Å²) in [4.78, 5) is 20.5. The van der Waals surface area contributed by atoms with Gasteiger partial charge in [0.05, 0.1) is 24.5 Å². The molecule has 2 rings (SSSR count). The number of aliphatic hydroxyl groups is 2. The van der Waals surface area contributed by atoms with Crippen LogP contribution in [0.15, 0.2) is 23.8 Å². The zero-order chi connectivity index (χ0) is 24.0. The van der Waals surface area contributed by atoms with Crippen molar-refractivity contribution in [3.05, 3.63) is 23.8 Å². The van der Waals surface area contributed by atoms with Gasteiger partial charge in [-0.25, -0.2) is 0 Å². The first-order chi connectivity index (χ1) is 14.6. The first-order valence-corrected chi connectivity index (χ1v) is 11.9. The molecule has 4 unspecified atom stereocenters. The Labute approximate surface area is 188 Å². The van der Waals surface area contributed by atoms with Crippen molar-refractivity contribution in [1.82, 2.24) is 0 Å². The summed E-state index contributed by atoms with van der Waals surface area (Å²) in [7, 11) is 0.